The van der Waals surface area contributed by atoms with Gasteiger partial charge in [0.05, 0.1) is 18.2 Å². The maximum atomic E-state index is 15.0. The number of methoxy groups -OCH3 is 1. The topological polar surface area (TPSA) is 75.6 Å². The number of hydrogen-bond acceptors (Lipinski definition) is 5. The molecule has 5 aliphatic rings. The second kappa shape index (κ2) is 12.5. The van der Waals surface area contributed by atoms with E-state index in [9.17, 15) is 4.79 Å². The molecule has 3 heterocycles. The van der Waals surface area contributed by atoms with E-state index in [0.717, 1.165) is 62.3 Å². The quantitative estimate of drug-likeness (QED) is 0.201. The van der Waals surface area contributed by atoms with Gasteiger partial charge in [-0.25, -0.2) is 0 Å². The first-order valence-corrected chi connectivity index (χ1v) is 19.3. The van der Waals surface area contributed by atoms with Crippen molar-refractivity contribution in [3.8, 4) is 17.0 Å². The summed E-state index contributed by atoms with van der Waals surface area (Å²) in [6.07, 6.45) is 14.1. The molecular weight excluding hydrogens is 605 g/mol. The van der Waals surface area contributed by atoms with Gasteiger partial charge in [-0.05, 0) is 85.9 Å². The van der Waals surface area contributed by atoms with Gasteiger partial charge in [0.1, 0.15) is 5.75 Å². The van der Waals surface area contributed by atoms with Crippen molar-refractivity contribution in [2.75, 3.05) is 32.5 Å². The van der Waals surface area contributed by atoms with Crippen molar-refractivity contribution in [1.82, 2.24) is 19.5 Å². The summed E-state index contributed by atoms with van der Waals surface area (Å²) in [7, 11) is 1.74. The van der Waals surface area contributed by atoms with Gasteiger partial charge in [0.25, 0.3) is 5.91 Å². The van der Waals surface area contributed by atoms with Crippen molar-refractivity contribution in [1.29, 1.82) is 0 Å². The van der Waals surface area contributed by atoms with Crippen molar-refractivity contribution in [2.24, 2.45) is 5.41 Å². The van der Waals surface area contributed by atoms with Crippen LogP contribution >= 0.6 is 11.9 Å². The molecule has 2 aliphatic heterocycles. The summed E-state index contributed by atoms with van der Waals surface area (Å²) in [6.45, 7) is 5.23. The monoisotopic (exact) mass is 654 g/mol. The van der Waals surface area contributed by atoms with E-state index >= 15 is 4.79 Å². The van der Waals surface area contributed by atoms with E-state index in [1.165, 1.54) is 91.1 Å². The lowest BCUT2D eigenvalue weighted by Gasteiger charge is -2.47. The maximum absolute atomic E-state index is 15.0. The Kier molecular flexibility index (Phi) is 8.32. The van der Waals surface area contributed by atoms with Crippen LogP contribution in [0.5, 0.6) is 5.75 Å². The molecule has 4 fully saturated rings. The molecule has 0 radical (unpaired) electrons. The molecular formula is C39H50N4O3S. The highest BCUT2D eigenvalue weighted by Crippen LogP contribution is 2.66. The normalized spacial score (nSPS) is 25.1. The third-order valence-electron chi connectivity index (χ3n) is 12.2. The molecule has 47 heavy (non-hydrogen) atoms. The smallest absolute Gasteiger partial charge is 0.261 e. The lowest BCUT2D eigenvalue weighted by molar-refractivity contribution is -0.140. The molecule has 3 aliphatic carbocycles. The second-order valence-corrected chi connectivity index (χ2v) is 16.0. The average molecular weight is 655 g/mol. The number of carbonyl (C=O) groups excluding carboxylic acids is 2. The van der Waals surface area contributed by atoms with Crippen LogP contribution in [0.3, 0.4) is 0 Å². The van der Waals surface area contributed by atoms with Gasteiger partial charge in [-0.2, -0.15) is 0 Å². The van der Waals surface area contributed by atoms with E-state index in [-0.39, 0.29) is 17.4 Å². The predicted octanol–water partition coefficient (Wildman–Crippen LogP) is 7.77. The number of fused-ring (bicyclic) bond motifs is 7. The number of hydrogen-bond donors (Lipinski definition) is 2. The molecule has 2 aromatic carbocycles. The molecule has 3 aromatic rings. The highest BCUT2D eigenvalue weighted by Gasteiger charge is 2.64. The minimum atomic E-state index is -0.495. The fourth-order valence-corrected chi connectivity index (χ4v) is 10.3. The first kappa shape index (κ1) is 31.3. The summed E-state index contributed by atoms with van der Waals surface area (Å²) in [5.41, 5.74) is 6.54. The molecule has 7 nitrogen and oxygen atoms in total. The Morgan fingerprint density at radius 3 is 2.62 bits per heavy atom. The number of nitrogens with one attached hydrogen (secondary N) is 2. The van der Waals surface area contributed by atoms with Gasteiger partial charge in [0.2, 0.25) is 5.91 Å². The highest BCUT2D eigenvalue weighted by molar-refractivity contribution is 7.97. The van der Waals surface area contributed by atoms with E-state index in [1.54, 1.807) is 7.11 Å². The predicted molar refractivity (Wildman–Crippen MR) is 190 cm³/mol. The summed E-state index contributed by atoms with van der Waals surface area (Å²) >= 11 is 1.48. The van der Waals surface area contributed by atoms with E-state index in [0.29, 0.717) is 23.9 Å². The molecule has 2 atom stereocenters. The lowest BCUT2D eigenvalue weighted by Crippen LogP contribution is -2.63. The number of amides is 2. The lowest BCUT2D eigenvalue weighted by atomic mass is 9.79. The number of ether oxygens (including phenoxy) is 1. The third-order valence-corrected chi connectivity index (χ3v) is 13.1. The Balaban J connectivity index is 1.27. The zero-order valence-corrected chi connectivity index (χ0v) is 29.0. The SMILES string of the molecule is CCCSNC(=O)c1ccc2c(C3CCCCC3)c3n(c2c1)CC1(C(=O)N2CCNC4(CCCCC4)C2)CC1c1cc(OC)ccc1-3. The van der Waals surface area contributed by atoms with Crippen molar-refractivity contribution in [3.63, 3.8) is 0 Å². The Labute approximate surface area is 283 Å². The molecule has 8 rings (SSSR count). The minimum Gasteiger partial charge on any atom is -0.497 e. The van der Waals surface area contributed by atoms with Gasteiger partial charge in [0.15, 0.2) is 0 Å². The molecule has 1 saturated heterocycles. The van der Waals surface area contributed by atoms with Crippen LogP contribution in [-0.4, -0.2) is 59.3 Å². The number of rotatable bonds is 7. The molecule has 250 valence electrons. The molecule has 1 spiro atoms. The summed E-state index contributed by atoms with van der Waals surface area (Å²) in [4.78, 5) is 30.6. The Morgan fingerprint density at radius 2 is 1.83 bits per heavy atom. The summed E-state index contributed by atoms with van der Waals surface area (Å²) in [5, 5.41) is 5.10. The van der Waals surface area contributed by atoms with Crippen LogP contribution in [0, 0.1) is 5.41 Å². The standard InChI is InChI=1S/C39H50N4O3S/c1-3-20-47-41-36(44)27-12-14-30-33(21-27)43-25-39(37(45)42-19-18-40-38(24-42)16-8-5-9-17-38)23-32(39)31-22-28(46-2)13-15-29(31)35(43)34(30)26-10-6-4-7-11-26/h12-15,21-22,26,32,40H,3-11,16-20,23-25H2,1-2H3,(H,41,44). The van der Waals surface area contributed by atoms with Crippen LogP contribution in [0.25, 0.3) is 22.2 Å². The van der Waals surface area contributed by atoms with Crippen molar-refractivity contribution in [2.45, 2.75) is 108 Å². The molecule has 0 bridgehead atoms. The number of carbonyl (C=O) groups is 2. The zero-order valence-electron chi connectivity index (χ0n) is 28.2. The van der Waals surface area contributed by atoms with Crippen LogP contribution < -0.4 is 14.8 Å². The van der Waals surface area contributed by atoms with Gasteiger partial charge in [0, 0.05) is 65.4 Å². The van der Waals surface area contributed by atoms with Gasteiger partial charge >= 0.3 is 0 Å². The average Bonchev–Trinajstić information content (AvgIpc) is 3.78. The van der Waals surface area contributed by atoms with Gasteiger partial charge in [-0.1, -0.05) is 63.5 Å². The first-order chi connectivity index (χ1) is 23.0. The van der Waals surface area contributed by atoms with Crippen LogP contribution in [-0.2, 0) is 11.3 Å². The molecule has 2 amide bonds. The molecule has 8 heteroatoms. The molecule has 3 saturated carbocycles. The Morgan fingerprint density at radius 1 is 1.02 bits per heavy atom. The summed E-state index contributed by atoms with van der Waals surface area (Å²) in [6, 6.07) is 12.9. The minimum absolute atomic E-state index is 0.0486. The number of aromatic nitrogens is 1. The van der Waals surface area contributed by atoms with E-state index < -0.39 is 5.41 Å². The summed E-state index contributed by atoms with van der Waals surface area (Å²) < 4.78 is 11.3. The molecule has 1 aromatic heterocycles. The van der Waals surface area contributed by atoms with Crippen LogP contribution in [0.2, 0.25) is 0 Å². The maximum Gasteiger partial charge on any atom is 0.261 e. The largest absolute Gasteiger partial charge is 0.497 e. The van der Waals surface area contributed by atoms with Crippen molar-refractivity contribution in [3.05, 3.63) is 53.1 Å². The highest BCUT2D eigenvalue weighted by atomic mass is 32.2. The van der Waals surface area contributed by atoms with Crippen LogP contribution in [0.1, 0.15) is 117 Å². The third kappa shape index (κ3) is 5.38. The fraction of sp³-hybridized carbons (Fsp3) is 0.590. The Hall–Kier alpha value is -2.97. The number of benzene rings is 2. The van der Waals surface area contributed by atoms with Gasteiger partial charge in [-0.3, -0.25) is 14.3 Å². The van der Waals surface area contributed by atoms with E-state index in [2.05, 4.69) is 56.8 Å². The fourth-order valence-electron chi connectivity index (χ4n) is 9.71. The van der Waals surface area contributed by atoms with Crippen molar-refractivity contribution < 1.29 is 14.3 Å². The Bertz CT molecular complexity index is 1680. The van der Waals surface area contributed by atoms with Crippen molar-refractivity contribution >= 4 is 34.7 Å². The molecule has 2 unspecified atom stereocenters. The second-order valence-electron chi connectivity index (χ2n) is 15.1. The number of piperazine rings is 1. The first-order valence-electron chi connectivity index (χ1n) is 18.3. The number of nitrogens with zero attached hydrogens (tertiary/aromatic N) is 2. The van der Waals surface area contributed by atoms with Gasteiger partial charge < -0.3 is 19.5 Å². The summed E-state index contributed by atoms with van der Waals surface area (Å²) in [5.74, 6) is 2.64. The molecule has 2 N–H and O–H groups in total. The van der Waals surface area contributed by atoms with E-state index in [1.807, 2.05) is 6.07 Å². The van der Waals surface area contributed by atoms with Gasteiger partial charge in [-0.15, -0.1) is 0 Å². The van der Waals surface area contributed by atoms with E-state index in [4.69, 9.17) is 4.74 Å². The van der Waals surface area contributed by atoms with Crippen LogP contribution in [0.15, 0.2) is 36.4 Å². The van der Waals surface area contributed by atoms with Crippen LogP contribution in [0.4, 0.5) is 0 Å². The zero-order chi connectivity index (χ0) is 32.2.